The number of hydrogen-bond donors (Lipinski definition) is 2. The molecule has 3 N–H and O–H groups in total. The molecule has 0 amide bonds. The lowest BCUT2D eigenvalue weighted by Gasteiger charge is -2.06. The normalized spacial score (nSPS) is 11.1. The SMILES string of the molecule is CCc1cn(CCN)c2c(C)cc(C(=O)O)cc12. The molecule has 2 rings (SSSR count). The molecule has 0 saturated carbocycles. The molecule has 4 heteroatoms. The van der Waals surface area contributed by atoms with Gasteiger partial charge in [0.15, 0.2) is 0 Å². The van der Waals surface area contributed by atoms with Gasteiger partial charge in [-0.15, -0.1) is 0 Å². The molecule has 0 radical (unpaired) electrons. The Morgan fingerprint density at radius 3 is 2.72 bits per heavy atom. The average molecular weight is 246 g/mol. The lowest BCUT2D eigenvalue weighted by Crippen LogP contribution is -2.09. The molecular formula is C14H18N2O2. The minimum absolute atomic E-state index is 0.347. The third-order valence-electron chi connectivity index (χ3n) is 3.24. The van der Waals surface area contributed by atoms with E-state index in [4.69, 9.17) is 10.8 Å². The maximum absolute atomic E-state index is 11.1. The van der Waals surface area contributed by atoms with Crippen LogP contribution < -0.4 is 5.73 Å². The second kappa shape index (κ2) is 4.82. The van der Waals surface area contributed by atoms with Gasteiger partial charge in [0.1, 0.15) is 0 Å². The fourth-order valence-corrected chi connectivity index (χ4v) is 2.45. The highest BCUT2D eigenvalue weighted by molar-refractivity contribution is 5.96. The summed E-state index contributed by atoms with van der Waals surface area (Å²) >= 11 is 0. The maximum Gasteiger partial charge on any atom is 0.335 e. The molecule has 0 aliphatic rings. The van der Waals surface area contributed by atoms with Crippen molar-refractivity contribution in [2.45, 2.75) is 26.8 Å². The molecule has 0 aliphatic heterocycles. The highest BCUT2D eigenvalue weighted by Crippen LogP contribution is 2.26. The Hall–Kier alpha value is -1.81. The van der Waals surface area contributed by atoms with E-state index in [0.29, 0.717) is 12.1 Å². The Morgan fingerprint density at radius 2 is 2.17 bits per heavy atom. The van der Waals surface area contributed by atoms with Gasteiger partial charge < -0.3 is 15.4 Å². The first-order chi connectivity index (χ1) is 8.58. The van der Waals surface area contributed by atoms with Crippen molar-refractivity contribution in [3.8, 4) is 0 Å². The number of carboxylic acid groups (broad SMARTS) is 1. The zero-order valence-corrected chi connectivity index (χ0v) is 10.7. The van der Waals surface area contributed by atoms with Crippen LogP contribution in [-0.4, -0.2) is 22.2 Å². The summed E-state index contributed by atoms with van der Waals surface area (Å²) in [5, 5.41) is 10.1. The minimum atomic E-state index is -0.881. The van der Waals surface area contributed by atoms with Crippen LogP contribution in [-0.2, 0) is 13.0 Å². The Labute approximate surface area is 106 Å². The molecule has 1 aromatic carbocycles. The van der Waals surface area contributed by atoms with Crippen LogP contribution in [0.15, 0.2) is 18.3 Å². The number of nitrogens with zero attached hydrogens (tertiary/aromatic N) is 1. The van der Waals surface area contributed by atoms with Gasteiger partial charge in [-0.25, -0.2) is 4.79 Å². The minimum Gasteiger partial charge on any atom is -0.478 e. The van der Waals surface area contributed by atoms with E-state index in [0.717, 1.165) is 29.4 Å². The van der Waals surface area contributed by atoms with Gasteiger partial charge in [0.2, 0.25) is 0 Å². The van der Waals surface area contributed by atoms with Crippen molar-refractivity contribution in [3.05, 3.63) is 35.0 Å². The number of benzene rings is 1. The topological polar surface area (TPSA) is 68.2 Å². The summed E-state index contributed by atoms with van der Waals surface area (Å²) in [5.41, 5.74) is 9.22. The Bertz CT molecular complexity index is 599. The summed E-state index contributed by atoms with van der Waals surface area (Å²) in [6, 6.07) is 3.48. The van der Waals surface area contributed by atoms with E-state index in [1.54, 1.807) is 12.1 Å². The van der Waals surface area contributed by atoms with Gasteiger partial charge >= 0.3 is 5.97 Å². The van der Waals surface area contributed by atoms with Crippen LogP contribution in [0.25, 0.3) is 10.9 Å². The van der Waals surface area contributed by atoms with Crippen LogP contribution >= 0.6 is 0 Å². The number of carboxylic acids is 1. The number of carbonyl (C=O) groups is 1. The van der Waals surface area contributed by atoms with E-state index in [2.05, 4.69) is 17.7 Å². The number of rotatable bonds is 4. The van der Waals surface area contributed by atoms with Gasteiger partial charge in [-0.3, -0.25) is 0 Å². The molecule has 2 aromatic rings. The van der Waals surface area contributed by atoms with Crippen LogP contribution in [0.2, 0.25) is 0 Å². The van der Waals surface area contributed by atoms with E-state index in [1.165, 1.54) is 5.56 Å². The number of fused-ring (bicyclic) bond motifs is 1. The van der Waals surface area contributed by atoms with E-state index in [-0.39, 0.29) is 0 Å². The molecular weight excluding hydrogens is 228 g/mol. The highest BCUT2D eigenvalue weighted by Gasteiger charge is 2.13. The van der Waals surface area contributed by atoms with Crippen molar-refractivity contribution in [2.24, 2.45) is 5.73 Å². The molecule has 0 spiro atoms. The van der Waals surface area contributed by atoms with Gasteiger partial charge in [-0.05, 0) is 36.6 Å². The monoisotopic (exact) mass is 246 g/mol. The van der Waals surface area contributed by atoms with Crippen molar-refractivity contribution >= 4 is 16.9 Å². The predicted octanol–water partition coefficient (Wildman–Crippen LogP) is 2.17. The number of aromatic nitrogens is 1. The zero-order chi connectivity index (χ0) is 13.3. The van der Waals surface area contributed by atoms with Crippen LogP contribution in [0, 0.1) is 6.92 Å². The lowest BCUT2D eigenvalue weighted by atomic mass is 10.0. The van der Waals surface area contributed by atoms with E-state index >= 15 is 0 Å². The second-order valence-electron chi connectivity index (χ2n) is 4.48. The summed E-state index contributed by atoms with van der Waals surface area (Å²) in [5.74, 6) is -0.881. The molecule has 0 aliphatic carbocycles. The van der Waals surface area contributed by atoms with Crippen LogP contribution in [0.5, 0.6) is 0 Å². The fourth-order valence-electron chi connectivity index (χ4n) is 2.45. The smallest absolute Gasteiger partial charge is 0.335 e. The molecule has 0 atom stereocenters. The predicted molar refractivity (Wildman–Crippen MR) is 72.1 cm³/mol. The maximum atomic E-state index is 11.1. The van der Waals surface area contributed by atoms with E-state index in [9.17, 15) is 4.79 Å². The Morgan fingerprint density at radius 1 is 1.44 bits per heavy atom. The molecule has 1 aromatic heterocycles. The number of nitrogens with two attached hydrogens (primary N) is 1. The van der Waals surface area contributed by atoms with Crippen LogP contribution in [0.1, 0.15) is 28.4 Å². The van der Waals surface area contributed by atoms with Crippen molar-refractivity contribution in [1.29, 1.82) is 0 Å². The van der Waals surface area contributed by atoms with Gasteiger partial charge in [-0.1, -0.05) is 6.92 Å². The number of aromatic carboxylic acids is 1. The first-order valence-corrected chi connectivity index (χ1v) is 6.14. The molecule has 0 unspecified atom stereocenters. The molecule has 4 nitrogen and oxygen atoms in total. The third kappa shape index (κ3) is 1.99. The van der Waals surface area contributed by atoms with Gasteiger partial charge in [0, 0.05) is 24.7 Å². The second-order valence-corrected chi connectivity index (χ2v) is 4.48. The van der Waals surface area contributed by atoms with Crippen molar-refractivity contribution < 1.29 is 9.90 Å². The molecule has 18 heavy (non-hydrogen) atoms. The summed E-state index contributed by atoms with van der Waals surface area (Å²) in [4.78, 5) is 11.1. The first-order valence-electron chi connectivity index (χ1n) is 6.14. The van der Waals surface area contributed by atoms with E-state index in [1.807, 2.05) is 6.92 Å². The average Bonchev–Trinajstić information content (AvgIpc) is 2.68. The lowest BCUT2D eigenvalue weighted by molar-refractivity contribution is 0.0697. The summed E-state index contributed by atoms with van der Waals surface area (Å²) in [7, 11) is 0. The van der Waals surface area contributed by atoms with Crippen LogP contribution in [0.4, 0.5) is 0 Å². The Balaban J connectivity index is 2.74. The quantitative estimate of drug-likeness (QED) is 0.868. The Kier molecular flexibility index (Phi) is 3.39. The first kappa shape index (κ1) is 12.6. The van der Waals surface area contributed by atoms with Crippen molar-refractivity contribution in [3.63, 3.8) is 0 Å². The molecule has 96 valence electrons. The third-order valence-corrected chi connectivity index (χ3v) is 3.24. The van der Waals surface area contributed by atoms with E-state index < -0.39 is 5.97 Å². The summed E-state index contributed by atoms with van der Waals surface area (Å²) in [6.45, 7) is 5.35. The fraction of sp³-hybridized carbons (Fsp3) is 0.357. The van der Waals surface area contributed by atoms with Crippen molar-refractivity contribution in [1.82, 2.24) is 4.57 Å². The highest BCUT2D eigenvalue weighted by atomic mass is 16.4. The molecule has 0 bridgehead atoms. The zero-order valence-electron chi connectivity index (χ0n) is 10.7. The van der Waals surface area contributed by atoms with Crippen molar-refractivity contribution in [2.75, 3.05) is 6.54 Å². The molecule has 0 saturated heterocycles. The molecule has 1 heterocycles. The molecule has 0 fully saturated rings. The number of hydrogen-bond acceptors (Lipinski definition) is 2. The summed E-state index contributed by atoms with van der Waals surface area (Å²) in [6.07, 6.45) is 2.97. The number of aryl methyl sites for hydroxylation is 2. The standard InChI is InChI=1S/C14H18N2O2/c1-3-10-8-16(5-4-15)13-9(2)6-11(14(17)18)7-12(10)13/h6-8H,3-5,15H2,1-2H3,(H,17,18). The van der Waals surface area contributed by atoms with Gasteiger partial charge in [0.05, 0.1) is 11.1 Å². The van der Waals surface area contributed by atoms with Gasteiger partial charge in [-0.2, -0.15) is 0 Å². The van der Waals surface area contributed by atoms with Gasteiger partial charge in [0.25, 0.3) is 0 Å². The largest absolute Gasteiger partial charge is 0.478 e. The summed E-state index contributed by atoms with van der Waals surface area (Å²) < 4.78 is 2.12. The van der Waals surface area contributed by atoms with Crippen LogP contribution in [0.3, 0.4) is 0 Å².